The third-order valence-corrected chi connectivity index (χ3v) is 2.69. The maximum Gasteiger partial charge on any atom is 0.256 e. The molecular formula is C12H15NO2. The lowest BCUT2D eigenvalue weighted by atomic mass is 10.1. The van der Waals surface area contributed by atoms with Gasteiger partial charge in [-0.25, -0.2) is 0 Å². The van der Waals surface area contributed by atoms with Gasteiger partial charge in [-0.05, 0) is 26.0 Å². The zero-order valence-electron chi connectivity index (χ0n) is 9.06. The fourth-order valence-corrected chi connectivity index (χ4v) is 1.82. The van der Waals surface area contributed by atoms with Crippen LogP contribution in [0.1, 0.15) is 24.2 Å². The van der Waals surface area contributed by atoms with Crippen molar-refractivity contribution in [3.05, 3.63) is 35.9 Å². The Hall–Kier alpha value is -1.35. The summed E-state index contributed by atoms with van der Waals surface area (Å²) < 4.78 is 5.50. The first kappa shape index (κ1) is 10.2. The Balaban J connectivity index is 2.22. The van der Waals surface area contributed by atoms with E-state index in [0.29, 0.717) is 13.2 Å². The van der Waals surface area contributed by atoms with E-state index in [-0.39, 0.29) is 5.91 Å². The van der Waals surface area contributed by atoms with Crippen molar-refractivity contribution in [3.8, 4) is 0 Å². The third kappa shape index (κ3) is 1.88. The molecule has 0 saturated carbocycles. The summed E-state index contributed by atoms with van der Waals surface area (Å²) in [6.45, 7) is 5.12. The van der Waals surface area contributed by atoms with Crippen LogP contribution in [-0.2, 0) is 4.74 Å². The molecule has 2 rings (SSSR count). The lowest BCUT2D eigenvalue weighted by molar-refractivity contribution is -0.0380. The summed E-state index contributed by atoms with van der Waals surface area (Å²) in [4.78, 5) is 13.9. The summed E-state index contributed by atoms with van der Waals surface area (Å²) in [6, 6.07) is 9.31. The van der Waals surface area contributed by atoms with Gasteiger partial charge in [-0.1, -0.05) is 18.2 Å². The summed E-state index contributed by atoms with van der Waals surface area (Å²) >= 11 is 0. The summed E-state index contributed by atoms with van der Waals surface area (Å²) in [5.41, 5.74) is 0.239. The standard InChI is InChI=1S/C12H15NO2/c1-12(2)13(8-9-15-12)11(14)10-6-4-3-5-7-10/h3-7H,8-9H2,1-2H3. The van der Waals surface area contributed by atoms with E-state index in [9.17, 15) is 4.79 Å². The van der Waals surface area contributed by atoms with Crippen LogP contribution in [-0.4, -0.2) is 29.7 Å². The number of hydrogen-bond donors (Lipinski definition) is 0. The Bertz CT molecular complexity index is 359. The Kier molecular flexibility index (Phi) is 2.49. The molecule has 1 aliphatic rings. The van der Waals surface area contributed by atoms with Gasteiger partial charge in [0.2, 0.25) is 0 Å². The van der Waals surface area contributed by atoms with Gasteiger partial charge in [0.15, 0.2) is 0 Å². The molecule has 0 N–H and O–H groups in total. The van der Waals surface area contributed by atoms with Crippen LogP contribution in [0.3, 0.4) is 0 Å². The molecule has 0 atom stereocenters. The minimum absolute atomic E-state index is 0.0399. The van der Waals surface area contributed by atoms with Crippen LogP contribution in [0.25, 0.3) is 0 Å². The van der Waals surface area contributed by atoms with Crippen LogP contribution in [0.5, 0.6) is 0 Å². The quantitative estimate of drug-likeness (QED) is 0.700. The normalized spacial score (nSPS) is 19.2. The molecule has 1 aliphatic heterocycles. The first-order chi connectivity index (χ1) is 7.11. The molecule has 0 aliphatic carbocycles. The van der Waals surface area contributed by atoms with E-state index in [4.69, 9.17) is 4.74 Å². The predicted molar refractivity (Wildman–Crippen MR) is 57.5 cm³/mol. The van der Waals surface area contributed by atoms with Crippen LogP contribution in [0.15, 0.2) is 30.3 Å². The molecule has 1 heterocycles. The number of carbonyl (C=O) groups is 1. The van der Waals surface area contributed by atoms with E-state index >= 15 is 0 Å². The Morgan fingerprint density at radius 1 is 1.33 bits per heavy atom. The molecule has 0 bridgehead atoms. The van der Waals surface area contributed by atoms with Crippen LogP contribution in [0.2, 0.25) is 0 Å². The molecule has 1 saturated heterocycles. The van der Waals surface area contributed by atoms with Gasteiger partial charge in [0, 0.05) is 12.1 Å². The maximum absolute atomic E-state index is 12.1. The van der Waals surface area contributed by atoms with Gasteiger partial charge >= 0.3 is 0 Å². The van der Waals surface area contributed by atoms with Gasteiger partial charge in [-0.15, -0.1) is 0 Å². The minimum Gasteiger partial charge on any atom is -0.354 e. The second-order valence-corrected chi connectivity index (χ2v) is 4.12. The molecule has 1 aromatic carbocycles. The lowest BCUT2D eigenvalue weighted by Crippen LogP contribution is -2.43. The third-order valence-electron chi connectivity index (χ3n) is 2.69. The van der Waals surface area contributed by atoms with Gasteiger partial charge in [0.1, 0.15) is 5.72 Å². The first-order valence-corrected chi connectivity index (χ1v) is 5.12. The van der Waals surface area contributed by atoms with Gasteiger partial charge in [0.25, 0.3) is 5.91 Å². The highest BCUT2D eigenvalue weighted by molar-refractivity contribution is 5.94. The second-order valence-electron chi connectivity index (χ2n) is 4.12. The summed E-state index contributed by atoms with van der Waals surface area (Å²) in [5, 5.41) is 0. The van der Waals surface area contributed by atoms with Gasteiger partial charge in [0.05, 0.1) is 6.61 Å². The van der Waals surface area contributed by atoms with Crippen molar-refractivity contribution in [1.82, 2.24) is 4.90 Å². The first-order valence-electron chi connectivity index (χ1n) is 5.12. The van der Waals surface area contributed by atoms with Crippen molar-refractivity contribution in [2.45, 2.75) is 19.6 Å². The second kappa shape index (κ2) is 3.66. The number of nitrogens with zero attached hydrogens (tertiary/aromatic N) is 1. The lowest BCUT2D eigenvalue weighted by Gasteiger charge is -2.29. The van der Waals surface area contributed by atoms with E-state index in [2.05, 4.69) is 0 Å². The van der Waals surface area contributed by atoms with Gasteiger partial charge in [-0.2, -0.15) is 0 Å². The fraction of sp³-hybridized carbons (Fsp3) is 0.417. The van der Waals surface area contributed by atoms with Crippen molar-refractivity contribution < 1.29 is 9.53 Å². The number of hydrogen-bond acceptors (Lipinski definition) is 2. The predicted octanol–water partition coefficient (Wildman–Crippen LogP) is 1.90. The van der Waals surface area contributed by atoms with Crippen LogP contribution in [0.4, 0.5) is 0 Å². The topological polar surface area (TPSA) is 29.5 Å². The Morgan fingerprint density at radius 2 is 2.00 bits per heavy atom. The average Bonchev–Trinajstić information content (AvgIpc) is 2.58. The average molecular weight is 205 g/mol. The molecule has 1 amide bonds. The van der Waals surface area contributed by atoms with E-state index in [0.717, 1.165) is 5.56 Å². The molecule has 15 heavy (non-hydrogen) atoms. The highest BCUT2D eigenvalue weighted by Crippen LogP contribution is 2.24. The van der Waals surface area contributed by atoms with Crippen molar-refractivity contribution in [2.24, 2.45) is 0 Å². The maximum atomic E-state index is 12.1. The molecule has 80 valence electrons. The van der Waals surface area contributed by atoms with Crippen molar-refractivity contribution in [2.75, 3.05) is 13.2 Å². The molecular weight excluding hydrogens is 190 g/mol. The molecule has 0 unspecified atom stereocenters. The van der Waals surface area contributed by atoms with Crippen LogP contribution < -0.4 is 0 Å². The fourth-order valence-electron chi connectivity index (χ4n) is 1.82. The summed E-state index contributed by atoms with van der Waals surface area (Å²) in [6.07, 6.45) is 0. The number of carbonyl (C=O) groups excluding carboxylic acids is 1. The number of amides is 1. The Morgan fingerprint density at radius 3 is 2.53 bits per heavy atom. The van der Waals surface area contributed by atoms with Crippen LogP contribution >= 0.6 is 0 Å². The molecule has 0 spiro atoms. The minimum atomic E-state index is -0.479. The smallest absolute Gasteiger partial charge is 0.256 e. The van der Waals surface area contributed by atoms with Crippen molar-refractivity contribution in [1.29, 1.82) is 0 Å². The molecule has 1 aromatic rings. The number of rotatable bonds is 1. The van der Waals surface area contributed by atoms with Gasteiger partial charge in [-0.3, -0.25) is 4.79 Å². The zero-order valence-corrected chi connectivity index (χ0v) is 9.06. The van der Waals surface area contributed by atoms with E-state index < -0.39 is 5.72 Å². The molecule has 1 fully saturated rings. The van der Waals surface area contributed by atoms with Crippen molar-refractivity contribution >= 4 is 5.91 Å². The highest BCUT2D eigenvalue weighted by Gasteiger charge is 2.36. The Labute approximate surface area is 89.7 Å². The summed E-state index contributed by atoms with van der Waals surface area (Å²) in [7, 11) is 0. The van der Waals surface area contributed by atoms with Gasteiger partial charge < -0.3 is 9.64 Å². The molecule has 0 radical (unpaired) electrons. The van der Waals surface area contributed by atoms with E-state index in [1.165, 1.54) is 0 Å². The SMILES string of the molecule is CC1(C)OCCN1C(=O)c1ccccc1. The van der Waals surface area contributed by atoms with E-state index in [1.807, 2.05) is 44.2 Å². The monoisotopic (exact) mass is 205 g/mol. The largest absolute Gasteiger partial charge is 0.354 e. The van der Waals surface area contributed by atoms with Crippen LogP contribution in [0, 0.1) is 0 Å². The number of benzene rings is 1. The molecule has 3 nitrogen and oxygen atoms in total. The van der Waals surface area contributed by atoms with Crippen molar-refractivity contribution in [3.63, 3.8) is 0 Å². The zero-order chi connectivity index (χ0) is 10.9. The summed E-state index contributed by atoms with van der Waals surface area (Å²) in [5.74, 6) is 0.0399. The molecule has 0 aromatic heterocycles. The van der Waals surface area contributed by atoms with E-state index in [1.54, 1.807) is 4.90 Å². The molecule has 3 heteroatoms. The highest BCUT2D eigenvalue weighted by atomic mass is 16.5. The number of ether oxygens (including phenoxy) is 1.